The average molecular weight is 344 g/mol. The van der Waals surface area contributed by atoms with Gasteiger partial charge in [0, 0.05) is 32.6 Å². The molecule has 2 aliphatic heterocycles. The van der Waals surface area contributed by atoms with Crippen molar-refractivity contribution in [2.45, 2.75) is 26.8 Å². The third-order valence-corrected chi connectivity index (χ3v) is 5.30. The molecule has 0 bridgehead atoms. The van der Waals surface area contributed by atoms with Crippen molar-refractivity contribution in [3.05, 3.63) is 35.4 Å². The van der Waals surface area contributed by atoms with Crippen LogP contribution in [0, 0.1) is 24.7 Å². The molecule has 6 heteroatoms. The lowest BCUT2D eigenvalue weighted by Crippen LogP contribution is -2.36. The molecule has 2 saturated heterocycles. The zero-order valence-corrected chi connectivity index (χ0v) is 14.6. The van der Waals surface area contributed by atoms with Crippen molar-refractivity contribution in [1.82, 2.24) is 9.80 Å². The molecule has 6 nitrogen and oxygen atoms in total. The predicted octanol–water partition coefficient (Wildman–Crippen LogP) is 1.52. The molecule has 1 aromatic rings. The molecule has 0 saturated carbocycles. The number of nitrogens with zero attached hydrogens (tertiary/aromatic N) is 2. The summed E-state index contributed by atoms with van der Waals surface area (Å²) < 4.78 is 0. The van der Waals surface area contributed by atoms with Crippen LogP contribution >= 0.6 is 0 Å². The molecular weight excluding hydrogens is 320 g/mol. The highest BCUT2D eigenvalue weighted by molar-refractivity contribution is 5.89. The van der Waals surface area contributed by atoms with Gasteiger partial charge in [0.05, 0.1) is 11.8 Å². The fourth-order valence-electron chi connectivity index (χ4n) is 3.73. The monoisotopic (exact) mass is 344 g/mol. The zero-order valence-electron chi connectivity index (χ0n) is 14.6. The van der Waals surface area contributed by atoms with E-state index in [0.717, 1.165) is 5.56 Å². The number of aliphatic carboxylic acids is 1. The fourth-order valence-corrected chi connectivity index (χ4v) is 3.73. The second-order valence-corrected chi connectivity index (χ2v) is 7.33. The van der Waals surface area contributed by atoms with Crippen molar-refractivity contribution in [3.8, 4) is 0 Å². The number of carbonyl (C=O) groups is 3. The Labute approximate surface area is 147 Å². The maximum absolute atomic E-state index is 12.7. The van der Waals surface area contributed by atoms with E-state index in [9.17, 15) is 19.5 Å². The van der Waals surface area contributed by atoms with Crippen molar-refractivity contribution in [2.24, 2.45) is 17.8 Å². The van der Waals surface area contributed by atoms with E-state index in [1.165, 1.54) is 5.56 Å². The Hall–Kier alpha value is -2.37. The number of rotatable bonds is 4. The molecule has 2 heterocycles. The van der Waals surface area contributed by atoms with Crippen LogP contribution in [0.15, 0.2) is 24.3 Å². The Morgan fingerprint density at radius 2 is 1.84 bits per heavy atom. The number of hydrogen-bond acceptors (Lipinski definition) is 3. The van der Waals surface area contributed by atoms with Gasteiger partial charge in [0.2, 0.25) is 11.8 Å². The van der Waals surface area contributed by atoms with Crippen LogP contribution < -0.4 is 0 Å². The predicted molar refractivity (Wildman–Crippen MR) is 91.6 cm³/mol. The van der Waals surface area contributed by atoms with E-state index in [2.05, 4.69) is 0 Å². The Balaban J connectivity index is 1.61. The standard InChI is InChI=1S/C19H24N2O4/c1-12-3-5-14(6-4-12)9-20-10-15(7-17(20)22)18(23)21-8-13(2)16(11-21)19(24)25/h3-6,13,15-16H,7-11H2,1-2H3,(H,24,25)/t13-,15?,16-/m1/s1. The number of carboxylic acids is 1. The maximum atomic E-state index is 12.7. The minimum atomic E-state index is -0.855. The molecule has 1 N–H and O–H groups in total. The van der Waals surface area contributed by atoms with Gasteiger partial charge >= 0.3 is 5.97 Å². The molecule has 3 atom stereocenters. The van der Waals surface area contributed by atoms with E-state index in [4.69, 9.17) is 0 Å². The Morgan fingerprint density at radius 1 is 1.16 bits per heavy atom. The first kappa shape index (κ1) is 17.5. The maximum Gasteiger partial charge on any atom is 0.308 e. The zero-order chi connectivity index (χ0) is 18.1. The van der Waals surface area contributed by atoms with E-state index >= 15 is 0 Å². The number of likely N-dealkylation sites (tertiary alicyclic amines) is 2. The van der Waals surface area contributed by atoms with E-state index < -0.39 is 11.9 Å². The summed E-state index contributed by atoms with van der Waals surface area (Å²) in [4.78, 5) is 39.6. The molecule has 3 rings (SSSR count). The number of amides is 2. The highest BCUT2D eigenvalue weighted by Crippen LogP contribution is 2.28. The topological polar surface area (TPSA) is 77.9 Å². The van der Waals surface area contributed by atoms with Crippen molar-refractivity contribution in [3.63, 3.8) is 0 Å². The summed E-state index contributed by atoms with van der Waals surface area (Å²) in [6, 6.07) is 8.01. The van der Waals surface area contributed by atoms with Gasteiger partial charge in [-0.3, -0.25) is 14.4 Å². The lowest BCUT2D eigenvalue weighted by Gasteiger charge is -2.21. The van der Waals surface area contributed by atoms with E-state index in [-0.39, 0.29) is 36.6 Å². The van der Waals surface area contributed by atoms with Crippen molar-refractivity contribution in [1.29, 1.82) is 0 Å². The molecule has 0 aromatic heterocycles. The SMILES string of the molecule is Cc1ccc(CN2CC(C(=O)N3C[C@@H](C)[C@H](C(=O)O)C3)CC2=O)cc1. The third-order valence-electron chi connectivity index (χ3n) is 5.30. The summed E-state index contributed by atoms with van der Waals surface area (Å²) in [5, 5.41) is 9.22. The fraction of sp³-hybridized carbons (Fsp3) is 0.526. The van der Waals surface area contributed by atoms with Gasteiger partial charge in [-0.2, -0.15) is 0 Å². The molecule has 1 aromatic carbocycles. The second kappa shape index (κ2) is 6.86. The number of carbonyl (C=O) groups excluding carboxylic acids is 2. The molecule has 0 radical (unpaired) electrons. The first-order chi connectivity index (χ1) is 11.8. The third kappa shape index (κ3) is 3.67. The van der Waals surface area contributed by atoms with Gasteiger partial charge in [-0.05, 0) is 18.4 Å². The number of hydrogen-bond donors (Lipinski definition) is 1. The van der Waals surface area contributed by atoms with Crippen LogP contribution in [0.4, 0.5) is 0 Å². The lowest BCUT2D eigenvalue weighted by atomic mass is 9.99. The quantitative estimate of drug-likeness (QED) is 0.898. The Kier molecular flexibility index (Phi) is 4.79. The molecular formula is C19H24N2O4. The number of aryl methyl sites for hydroxylation is 1. The van der Waals surface area contributed by atoms with Crippen molar-refractivity contribution >= 4 is 17.8 Å². The summed E-state index contributed by atoms with van der Waals surface area (Å²) in [7, 11) is 0. The van der Waals surface area contributed by atoms with Crippen molar-refractivity contribution < 1.29 is 19.5 Å². The molecule has 0 aliphatic carbocycles. The van der Waals surface area contributed by atoms with Crippen LogP contribution in [0.25, 0.3) is 0 Å². The van der Waals surface area contributed by atoms with Gasteiger partial charge in [0.25, 0.3) is 0 Å². The largest absolute Gasteiger partial charge is 0.481 e. The van der Waals surface area contributed by atoms with Gasteiger partial charge in [-0.1, -0.05) is 36.8 Å². The number of carboxylic acid groups (broad SMARTS) is 1. The van der Waals surface area contributed by atoms with Gasteiger partial charge < -0.3 is 14.9 Å². The Bertz CT molecular complexity index is 685. The molecule has 2 aliphatic rings. The summed E-state index contributed by atoms with van der Waals surface area (Å²) in [6.45, 7) is 5.50. The number of benzene rings is 1. The van der Waals surface area contributed by atoms with E-state index in [0.29, 0.717) is 19.6 Å². The minimum Gasteiger partial charge on any atom is -0.481 e. The van der Waals surface area contributed by atoms with Crippen LogP contribution in [0.2, 0.25) is 0 Å². The molecule has 2 fully saturated rings. The summed E-state index contributed by atoms with van der Waals surface area (Å²) in [5.41, 5.74) is 2.22. The minimum absolute atomic E-state index is 0.0130. The Morgan fingerprint density at radius 3 is 2.44 bits per heavy atom. The van der Waals surface area contributed by atoms with Gasteiger partial charge in [0.1, 0.15) is 0 Å². The normalized spacial score (nSPS) is 26.3. The first-order valence-electron chi connectivity index (χ1n) is 8.70. The van der Waals surface area contributed by atoms with Gasteiger partial charge in [-0.25, -0.2) is 0 Å². The molecule has 134 valence electrons. The second-order valence-electron chi connectivity index (χ2n) is 7.33. The average Bonchev–Trinajstić information content (AvgIpc) is 3.12. The van der Waals surface area contributed by atoms with Gasteiger partial charge in [0.15, 0.2) is 0 Å². The summed E-state index contributed by atoms with van der Waals surface area (Å²) in [5.74, 6) is -1.88. The van der Waals surface area contributed by atoms with Crippen LogP contribution in [0.5, 0.6) is 0 Å². The van der Waals surface area contributed by atoms with E-state index in [1.807, 2.05) is 38.1 Å². The molecule has 25 heavy (non-hydrogen) atoms. The highest BCUT2D eigenvalue weighted by Gasteiger charge is 2.42. The summed E-state index contributed by atoms with van der Waals surface area (Å²) >= 11 is 0. The van der Waals surface area contributed by atoms with Gasteiger partial charge in [-0.15, -0.1) is 0 Å². The highest BCUT2D eigenvalue weighted by atomic mass is 16.4. The van der Waals surface area contributed by atoms with Crippen LogP contribution in [-0.4, -0.2) is 52.3 Å². The van der Waals surface area contributed by atoms with E-state index in [1.54, 1.807) is 9.80 Å². The molecule has 0 spiro atoms. The van der Waals surface area contributed by atoms with Crippen molar-refractivity contribution in [2.75, 3.05) is 19.6 Å². The van der Waals surface area contributed by atoms with Crippen LogP contribution in [-0.2, 0) is 20.9 Å². The van der Waals surface area contributed by atoms with Crippen LogP contribution in [0.3, 0.4) is 0 Å². The molecule has 1 unspecified atom stereocenters. The van der Waals surface area contributed by atoms with Crippen LogP contribution in [0.1, 0.15) is 24.5 Å². The first-order valence-corrected chi connectivity index (χ1v) is 8.70. The molecule has 2 amide bonds. The lowest BCUT2D eigenvalue weighted by molar-refractivity contribution is -0.142. The smallest absolute Gasteiger partial charge is 0.308 e. The summed E-state index contributed by atoms with van der Waals surface area (Å²) in [6.07, 6.45) is 0.216.